The van der Waals surface area contributed by atoms with Gasteiger partial charge in [0.2, 0.25) is 5.91 Å². The Morgan fingerprint density at radius 2 is 2.03 bits per heavy atom. The molecule has 0 unspecified atom stereocenters. The summed E-state index contributed by atoms with van der Waals surface area (Å²) in [5.41, 5.74) is 5.33. The van der Waals surface area contributed by atoms with Gasteiger partial charge in [0.1, 0.15) is 6.54 Å². The summed E-state index contributed by atoms with van der Waals surface area (Å²) in [6, 6.07) is 5.61. The van der Waals surface area contributed by atoms with E-state index in [1.165, 1.54) is 0 Å². The van der Waals surface area contributed by atoms with Crippen LogP contribution in [-0.4, -0.2) is 62.8 Å². The van der Waals surface area contributed by atoms with E-state index in [2.05, 4.69) is 25.7 Å². The fourth-order valence-corrected chi connectivity index (χ4v) is 4.14. The number of carbonyl (C=O) groups excluding carboxylic acids is 2. The van der Waals surface area contributed by atoms with Gasteiger partial charge in [-0.1, -0.05) is 0 Å². The first kappa shape index (κ1) is 21.8. The zero-order valence-electron chi connectivity index (χ0n) is 19.0. The zero-order chi connectivity index (χ0) is 23.7. The lowest BCUT2D eigenvalue weighted by atomic mass is 10.0. The van der Waals surface area contributed by atoms with Gasteiger partial charge in [0.15, 0.2) is 5.82 Å². The number of nitrogens with one attached hydrogen (secondary N) is 2. The van der Waals surface area contributed by atoms with Crippen LogP contribution in [-0.2, 0) is 20.9 Å². The van der Waals surface area contributed by atoms with Gasteiger partial charge in [-0.05, 0) is 31.5 Å². The number of rotatable bonds is 5. The molecule has 5 rings (SSSR count). The molecular weight excluding hydrogens is 434 g/mol. The Balaban J connectivity index is 1.36. The second-order valence-electron chi connectivity index (χ2n) is 8.28. The predicted octanol–water partition coefficient (Wildman–Crippen LogP) is 2.30. The number of ether oxygens (including phenoxy) is 1. The van der Waals surface area contributed by atoms with Gasteiger partial charge in [-0.3, -0.25) is 24.2 Å². The zero-order valence-corrected chi connectivity index (χ0v) is 19.0. The van der Waals surface area contributed by atoms with Crippen LogP contribution in [0.25, 0.3) is 16.8 Å². The smallest absolute Gasteiger partial charge is 0.258 e. The molecular formula is C24H25N7O3. The lowest BCUT2D eigenvalue weighted by Gasteiger charge is -2.26. The predicted molar refractivity (Wildman–Crippen MR) is 127 cm³/mol. The minimum Gasteiger partial charge on any atom is -0.378 e. The Hall–Kier alpha value is -4.05. The fourth-order valence-electron chi connectivity index (χ4n) is 4.14. The van der Waals surface area contributed by atoms with E-state index in [4.69, 9.17) is 4.74 Å². The normalized spacial score (nSPS) is 16.8. The molecule has 0 atom stereocenters. The van der Waals surface area contributed by atoms with Gasteiger partial charge in [-0.2, -0.15) is 5.10 Å². The number of amides is 2. The second-order valence-corrected chi connectivity index (χ2v) is 8.28. The molecule has 2 aliphatic rings. The number of hydrogen-bond acceptors (Lipinski definition) is 7. The van der Waals surface area contributed by atoms with Crippen molar-refractivity contribution in [2.75, 3.05) is 36.9 Å². The van der Waals surface area contributed by atoms with E-state index in [-0.39, 0.29) is 18.4 Å². The van der Waals surface area contributed by atoms with E-state index < -0.39 is 0 Å². The van der Waals surface area contributed by atoms with Crippen molar-refractivity contribution in [2.45, 2.75) is 20.4 Å². The van der Waals surface area contributed by atoms with E-state index in [0.29, 0.717) is 49.1 Å². The van der Waals surface area contributed by atoms with Crippen LogP contribution in [0.2, 0.25) is 0 Å². The van der Waals surface area contributed by atoms with Crippen LogP contribution in [0.1, 0.15) is 18.1 Å². The Labute approximate surface area is 196 Å². The van der Waals surface area contributed by atoms with Crippen molar-refractivity contribution in [3.05, 3.63) is 59.8 Å². The summed E-state index contributed by atoms with van der Waals surface area (Å²) < 4.78 is 6.89. The average Bonchev–Trinajstić information content (AvgIpc) is 3.42. The third-order valence-corrected chi connectivity index (χ3v) is 5.96. The molecule has 10 nitrogen and oxygen atoms in total. The van der Waals surface area contributed by atoms with Crippen molar-refractivity contribution < 1.29 is 14.3 Å². The Morgan fingerprint density at radius 3 is 2.82 bits per heavy atom. The van der Waals surface area contributed by atoms with Crippen LogP contribution in [0, 0.1) is 6.92 Å². The average molecular weight is 460 g/mol. The second kappa shape index (κ2) is 9.06. The topological polar surface area (TPSA) is 114 Å². The molecule has 3 aromatic heterocycles. The van der Waals surface area contributed by atoms with Gasteiger partial charge in [0, 0.05) is 54.6 Å². The highest BCUT2D eigenvalue weighted by Crippen LogP contribution is 2.36. The van der Waals surface area contributed by atoms with Crippen LogP contribution in [0.3, 0.4) is 0 Å². The molecule has 0 aliphatic carbocycles. The highest BCUT2D eigenvalue weighted by Gasteiger charge is 2.28. The highest BCUT2D eigenvalue weighted by molar-refractivity contribution is 6.32. The first-order chi connectivity index (χ1) is 16.5. The summed E-state index contributed by atoms with van der Waals surface area (Å²) in [7, 11) is 0. The molecule has 174 valence electrons. The van der Waals surface area contributed by atoms with Gasteiger partial charge in [-0.15, -0.1) is 0 Å². The van der Waals surface area contributed by atoms with Gasteiger partial charge >= 0.3 is 0 Å². The summed E-state index contributed by atoms with van der Waals surface area (Å²) in [6.07, 6.45) is 6.92. The molecule has 2 aliphatic heterocycles. The van der Waals surface area contributed by atoms with Crippen molar-refractivity contribution >= 4 is 28.9 Å². The van der Waals surface area contributed by atoms with Crippen LogP contribution in [0.4, 0.5) is 11.5 Å². The number of morpholine rings is 1. The number of nitrogens with zero attached hydrogens (tertiary/aromatic N) is 5. The molecule has 5 heterocycles. The number of allylic oxidation sites excluding steroid dienone is 1. The molecule has 1 fully saturated rings. The van der Waals surface area contributed by atoms with Gasteiger partial charge in [0.25, 0.3) is 5.91 Å². The van der Waals surface area contributed by atoms with Gasteiger partial charge in [-0.25, -0.2) is 0 Å². The Bertz CT molecular complexity index is 1290. The molecule has 3 aromatic rings. The number of anilines is 2. The summed E-state index contributed by atoms with van der Waals surface area (Å²) >= 11 is 0. The first-order valence-corrected chi connectivity index (χ1v) is 11.1. The van der Waals surface area contributed by atoms with Crippen molar-refractivity contribution in [3.63, 3.8) is 0 Å². The van der Waals surface area contributed by atoms with Crippen molar-refractivity contribution in [2.24, 2.45) is 0 Å². The van der Waals surface area contributed by atoms with E-state index in [1.54, 1.807) is 40.4 Å². The van der Waals surface area contributed by atoms with Gasteiger partial charge < -0.3 is 20.3 Å². The largest absolute Gasteiger partial charge is 0.378 e. The Morgan fingerprint density at radius 1 is 1.21 bits per heavy atom. The lowest BCUT2D eigenvalue weighted by molar-refractivity contribution is -0.136. The highest BCUT2D eigenvalue weighted by atomic mass is 16.5. The molecule has 0 radical (unpaired) electrons. The fraction of sp³-hybridized carbons (Fsp3) is 0.292. The first-order valence-electron chi connectivity index (χ1n) is 11.1. The van der Waals surface area contributed by atoms with Crippen molar-refractivity contribution in [1.29, 1.82) is 0 Å². The van der Waals surface area contributed by atoms with Crippen LogP contribution >= 0.6 is 0 Å². The number of aryl methyl sites for hydroxylation is 1. The number of pyridine rings is 2. The maximum absolute atomic E-state index is 12.8. The molecule has 34 heavy (non-hydrogen) atoms. The van der Waals surface area contributed by atoms with Crippen LogP contribution in [0.5, 0.6) is 0 Å². The summed E-state index contributed by atoms with van der Waals surface area (Å²) in [5, 5.41) is 10.5. The third-order valence-electron chi connectivity index (χ3n) is 5.96. The van der Waals surface area contributed by atoms with Crippen LogP contribution < -0.4 is 10.6 Å². The maximum Gasteiger partial charge on any atom is 0.258 e. The third kappa shape index (κ3) is 4.27. The van der Waals surface area contributed by atoms with E-state index in [9.17, 15) is 9.59 Å². The Kier molecular flexibility index (Phi) is 5.81. The van der Waals surface area contributed by atoms with E-state index in [0.717, 1.165) is 22.4 Å². The number of hydrogen-bond donors (Lipinski definition) is 2. The summed E-state index contributed by atoms with van der Waals surface area (Å²) in [6.45, 7) is 6.30. The SMILES string of the molecule is CC(Nc1ccn(CC(=O)N2CCOCC2)n1)=C1C(=O)Nc2cnc(-c3cnccc3C)cc21. The molecule has 0 bridgehead atoms. The van der Waals surface area contributed by atoms with Crippen molar-refractivity contribution in [3.8, 4) is 11.3 Å². The molecule has 0 saturated carbocycles. The number of carbonyl (C=O) groups is 2. The quantitative estimate of drug-likeness (QED) is 0.563. The monoisotopic (exact) mass is 459 g/mol. The molecule has 0 spiro atoms. The van der Waals surface area contributed by atoms with Crippen LogP contribution in [0.15, 0.2) is 48.7 Å². The molecule has 0 aromatic carbocycles. The van der Waals surface area contributed by atoms with Crippen molar-refractivity contribution in [1.82, 2.24) is 24.6 Å². The molecule has 1 saturated heterocycles. The minimum atomic E-state index is -0.205. The lowest BCUT2D eigenvalue weighted by Crippen LogP contribution is -2.42. The molecule has 10 heteroatoms. The van der Waals surface area contributed by atoms with E-state index in [1.807, 2.05) is 26.0 Å². The molecule has 2 amide bonds. The van der Waals surface area contributed by atoms with Gasteiger partial charge in [0.05, 0.1) is 36.4 Å². The number of fused-ring (bicyclic) bond motifs is 1. The summed E-state index contributed by atoms with van der Waals surface area (Å²) in [4.78, 5) is 35.7. The number of aromatic nitrogens is 4. The minimum absolute atomic E-state index is 0.00264. The maximum atomic E-state index is 12.8. The van der Waals surface area contributed by atoms with E-state index >= 15 is 0 Å². The molecule has 2 N–H and O–H groups in total. The standard InChI is InChI=1S/C24H25N7O3/c1-15-3-5-25-12-18(15)19-11-17-20(13-26-19)28-24(33)23(17)16(2)27-21-4-6-31(29-21)14-22(32)30-7-9-34-10-8-30/h3-6,11-13H,7-10,14H2,1-2H3,(H,27,29)(H,28,33). The summed E-state index contributed by atoms with van der Waals surface area (Å²) in [5.74, 6) is 0.352.